The number of ether oxygens (including phenoxy) is 1. The van der Waals surface area contributed by atoms with Gasteiger partial charge in [-0.15, -0.1) is 0 Å². The molecule has 29 heavy (non-hydrogen) atoms. The van der Waals surface area contributed by atoms with Crippen LogP contribution >= 0.6 is 0 Å². The monoisotopic (exact) mass is 414 g/mol. The molecule has 0 unspecified atom stereocenters. The molecule has 0 atom stereocenters. The van der Waals surface area contributed by atoms with Gasteiger partial charge in [0.2, 0.25) is 5.91 Å². The van der Waals surface area contributed by atoms with Gasteiger partial charge in [-0.05, 0) is 49.7 Å². The third-order valence-electron chi connectivity index (χ3n) is 4.31. The van der Waals surface area contributed by atoms with Crippen LogP contribution in [0.2, 0.25) is 0 Å². The van der Waals surface area contributed by atoms with Crippen molar-refractivity contribution in [1.29, 1.82) is 0 Å². The van der Waals surface area contributed by atoms with Crippen molar-refractivity contribution in [3.05, 3.63) is 59.8 Å². The molecule has 0 spiro atoms. The molecule has 3 rings (SSSR count). The number of rotatable bonds is 7. The maximum atomic E-state index is 12.9. The Kier molecular flexibility index (Phi) is 6.03. The molecule has 0 aliphatic carbocycles. The van der Waals surface area contributed by atoms with Crippen molar-refractivity contribution in [2.24, 2.45) is 0 Å². The van der Waals surface area contributed by atoms with E-state index in [9.17, 15) is 13.2 Å². The minimum atomic E-state index is -3.77. The van der Waals surface area contributed by atoms with E-state index in [1.54, 1.807) is 31.2 Å². The standard InChI is InChI=1S/C21H22N2O5S/c1-14-5-4-6-17(11-14)22-21(24)9-10-29(25,26)20-13-16(7-8-18(20)27-3)19-12-15(2)23-28-19/h4-8,11-13H,9-10H2,1-3H3,(H,22,24). The first-order valence-electron chi connectivity index (χ1n) is 8.99. The molecule has 1 N–H and O–H groups in total. The quantitative estimate of drug-likeness (QED) is 0.632. The minimum absolute atomic E-state index is 0.00917. The van der Waals surface area contributed by atoms with Crippen LogP contribution in [0.3, 0.4) is 0 Å². The molecule has 0 saturated carbocycles. The van der Waals surface area contributed by atoms with Crippen LogP contribution < -0.4 is 10.1 Å². The molecular weight excluding hydrogens is 392 g/mol. The van der Waals surface area contributed by atoms with Gasteiger partial charge in [-0.3, -0.25) is 4.79 Å². The van der Waals surface area contributed by atoms with Gasteiger partial charge in [-0.1, -0.05) is 17.3 Å². The molecule has 1 aromatic heterocycles. The fourth-order valence-electron chi connectivity index (χ4n) is 2.86. The predicted octanol–water partition coefficient (Wildman–Crippen LogP) is 3.77. The summed E-state index contributed by atoms with van der Waals surface area (Å²) in [6, 6.07) is 13.8. The van der Waals surface area contributed by atoms with E-state index in [-0.39, 0.29) is 28.7 Å². The number of aromatic nitrogens is 1. The Bertz CT molecular complexity index is 1140. The summed E-state index contributed by atoms with van der Waals surface area (Å²) >= 11 is 0. The van der Waals surface area contributed by atoms with E-state index in [4.69, 9.17) is 9.26 Å². The van der Waals surface area contributed by atoms with Crippen molar-refractivity contribution in [1.82, 2.24) is 5.16 Å². The molecule has 0 aliphatic heterocycles. The fraction of sp³-hybridized carbons (Fsp3) is 0.238. The van der Waals surface area contributed by atoms with Crippen LogP contribution in [0.25, 0.3) is 11.3 Å². The van der Waals surface area contributed by atoms with Crippen molar-refractivity contribution in [3.63, 3.8) is 0 Å². The Morgan fingerprint density at radius 2 is 1.93 bits per heavy atom. The first-order chi connectivity index (χ1) is 13.8. The van der Waals surface area contributed by atoms with Crippen molar-refractivity contribution < 1.29 is 22.5 Å². The smallest absolute Gasteiger partial charge is 0.225 e. The van der Waals surface area contributed by atoms with Crippen molar-refractivity contribution in [3.8, 4) is 17.1 Å². The molecular formula is C21H22N2O5S. The van der Waals surface area contributed by atoms with E-state index >= 15 is 0 Å². The zero-order valence-electron chi connectivity index (χ0n) is 16.4. The van der Waals surface area contributed by atoms with Crippen molar-refractivity contribution in [2.45, 2.75) is 25.2 Å². The second-order valence-corrected chi connectivity index (χ2v) is 8.76. The number of nitrogens with zero attached hydrogens (tertiary/aromatic N) is 1. The average molecular weight is 414 g/mol. The largest absolute Gasteiger partial charge is 0.495 e. The maximum absolute atomic E-state index is 12.9. The maximum Gasteiger partial charge on any atom is 0.225 e. The number of aryl methyl sites for hydroxylation is 2. The summed E-state index contributed by atoms with van der Waals surface area (Å²) in [5.41, 5.74) is 2.88. The Labute approximate surface area is 169 Å². The summed E-state index contributed by atoms with van der Waals surface area (Å²) in [6.45, 7) is 3.69. The molecule has 0 saturated heterocycles. The molecule has 3 aromatic rings. The highest BCUT2D eigenvalue weighted by molar-refractivity contribution is 7.91. The second kappa shape index (κ2) is 8.48. The third-order valence-corrected chi connectivity index (χ3v) is 6.04. The fourth-order valence-corrected chi connectivity index (χ4v) is 4.29. The van der Waals surface area contributed by atoms with Crippen LogP contribution in [-0.4, -0.2) is 32.3 Å². The third kappa shape index (κ3) is 5.03. The van der Waals surface area contributed by atoms with E-state index in [1.165, 1.54) is 13.2 Å². The summed E-state index contributed by atoms with van der Waals surface area (Å²) in [7, 11) is -2.37. The Hall–Kier alpha value is -3.13. The lowest BCUT2D eigenvalue weighted by molar-refractivity contribution is -0.115. The molecule has 7 nitrogen and oxygen atoms in total. The predicted molar refractivity (Wildman–Crippen MR) is 110 cm³/mol. The lowest BCUT2D eigenvalue weighted by Gasteiger charge is -2.11. The zero-order chi connectivity index (χ0) is 21.0. The Morgan fingerprint density at radius 1 is 1.14 bits per heavy atom. The van der Waals surface area contributed by atoms with Crippen LogP contribution in [0.5, 0.6) is 5.75 Å². The number of benzene rings is 2. The Morgan fingerprint density at radius 3 is 2.59 bits per heavy atom. The van der Waals surface area contributed by atoms with Gasteiger partial charge in [-0.2, -0.15) is 0 Å². The van der Waals surface area contributed by atoms with Crippen LogP contribution in [-0.2, 0) is 14.6 Å². The van der Waals surface area contributed by atoms with E-state index in [0.717, 1.165) is 5.56 Å². The number of hydrogen-bond acceptors (Lipinski definition) is 6. The molecule has 8 heteroatoms. The highest BCUT2D eigenvalue weighted by atomic mass is 32.2. The van der Waals surface area contributed by atoms with Gasteiger partial charge in [0, 0.05) is 23.7 Å². The highest BCUT2D eigenvalue weighted by Crippen LogP contribution is 2.31. The summed E-state index contributed by atoms with van der Waals surface area (Å²) in [5, 5.41) is 6.54. The van der Waals surface area contributed by atoms with Crippen LogP contribution in [0.15, 0.2) is 57.9 Å². The second-order valence-electron chi connectivity index (χ2n) is 6.68. The summed E-state index contributed by atoms with van der Waals surface area (Å²) in [5.74, 6) is -0.0529. The Balaban J connectivity index is 1.78. The van der Waals surface area contributed by atoms with E-state index < -0.39 is 9.84 Å². The van der Waals surface area contributed by atoms with E-state index in [1.807, 2.05) is 25.1 Å². The van der Waals surface area contributed by atoms with E-state index in [2.05, 4.69) is 10.5 Å². The highest BCUT2D eigenvalue weighted by Gasteiger charge is 2.22. The summed E-state index contributed by atoms with van der Waals surface area (Å²) in [4.78, 5) is 12.2. The van der Waals surface area contributed by atoms with E-state index in [0.29, 0.717) is 22.7 Å². The normalized spacial score (nSPS) is 11.3. The topological polar surface area (TPSA) is 98.5 Å². The molecule has 0 bridgehead atoms. The first kappa shape index (κ1) is 20.6. The SMILES string of the molecule is COc1ccc(-c2cc(C)no2)cc1S(=O)(=O)CCC(=O)Nc1cccc(C)c1. The van der Waals surface area contributed by atoms with Gasteiger partial charge in [0.05, 0.1) is 18.6 Å². The van der Waals surface area contributed by atoms with Crippen LogP contribution in [0.1, 0.15) is 17.7 Å². The lowest BCUT2D eigenvalue weighted by atomic mass is 10.1. The number of nitrogens with one attached hydrogen (secondary N) is 1. The van der Waals surface area contributed by atoms with Gasteiger partial charge in [0.25, 0.3) is 0 Å². The molecule has 1 heterocycles. The van der Waals surface area contributed by atoms with Crippen molar-refractivity contribution >= 4 is 21.4 Å². The average Bonchev–Trinajstić information content (AvgIpc) is 3.12. The number of sulfone groups is 1. The minimum Gasteiger partial charge on any atom is -0.495 e. The molecule has 2 aromatic carbocycles. The number of hydrogen-bond donors (Lipinski definition) is 1. The van der Waals surface area contributed by atoms with Crippen LogP contribution in [0.4, 0.5) is 5.69 Å². The summed E-state index contributed by atoms with van der Waals surface area (Å²) in [6.07, 6.45) is -0.176. The zero-order valence-corrected chi connectivity index (χ0v) is 17.2. The number of carbonyl (C=O) groups excluding carboxylic acids is 1. The molecule has 1 amide bonds. The van der Waals surface area contributed by atoms with Gasteiger partial charge in [-0.25, -0.2) is 8.42 Å². The number of methoxy groups -OCH3 is 1. The van der Waals surface area contributed by atoms with Gasteiger partial charge >= 0.3 is 0 Å². The number of carbonyl (C=O) groups is 1. The number of anilines is 1. The molecule has 0 radical (unpaired) electrons. The molecule has 0 aliphatic rings. The summed E-state index contributed by atoms with van der Waals surface area (Å²) < 4.78 is 36.2. The number of amides is 1. The molecule has 152 valence electrons. The van der Waals surface area contributed by atoms with Gasteiger partial charge in [0.1, 0.15) is 10.6 Å². The first-order valence-corrected chi connectivity index (χ1v) is 10.6. The van der Waals surface area contributed by atoms with Crippen LogP contribution in [0, 0.1) is 13.8 Å². The van der Waals surface area contributed by atoms with Gasteiger partial charge in [0.15, 0.2) is 15.6 Å². The lowest BCUT2D eigenvalue weighted by Crippen LogP contribution is -2.18. The van der Waals surface area contributed by atoms with Gasteiger partial charge < -0.3 is 14.6 Å². The van der Waals surface area contributed by atoms with Crippen molar-refractivity contribution in [2.75, 3.05) is 18.2 Å². The molecule has 0 fully saturated rings.